The lowest BCUT2D eigenvalue weighted by Crippen LogP contribution is -1.80. The van der Waals surface area contributed by atoms with E-state index in [2.05, 4.69) is 6.07 Å². The van der Waals surface area contributed by atoms with Gasteiger partial charge in [0.05, 0.1) is 12.7 Å². The van der Waals surface area contributed by atoms with Gasteiger partial charge in [-0.05, 0) is 12.8 Å². The minimum absolute atomic E-state index is 0.0343. The SMILES string of the molecule is N#CCCCCCC[O]. The van der Waals surface area contributed by atoms with Crippen LogP contribution in [0.3, 0.4) is 0 Å². The summed E-state index contributed by atoms with van der Waals surface area (Å²) in [4.78, 5) is 0. The van der Waals surface area contributed by atoms with E-state index in [1.54, 1.807) is 0 Å². The van der Waals surface area contributed by atoms with Gasteiger partial charge in [-0.2, -0.15) is 5.26 Å². The topological polar surface area (TPSA) is 43.7 Å². The smallest absolute Gasteiger partial charge is 0.0822 e. The summed E-state index contributed by atoms with van der Waals surface area (Å²) >= 11 is 0. The molecule has 0 saturated heterocycles. The number of rotatable bonds is 5. The Kier molecular flexibility index (Phi) is 6.99. The Bertz CT molecular complexity index is 85.4. The first-order valence-electron chi connectivity index (χ1n) is 3.37. The van der Waals surface area contributed by atoms with Crippen molar-refractivity contribution in [3.05, 3.63) is 0 Å². The first-order chi connectivity index (χ1) is 4.41. The van der Waals surface area contributed by atoms with Crippen molar-refractivity contribution in [1.29, 1.82) is 5.26 Å². The van der Waals surface area contributed by atoms with Crippen molar-refractivity contribution in [2.75, 3.05) is 6.61 Å². The molecule has 0 saturated carbocycles. The molecule has 51 valence electrons. The standard InChI is InChI=1S/C7H12NO/c8-6-4-2-1-3-5-7-9/h1-5,7H2. The summed E-state index contributed by atoms with van der Waals surface area (Å²) in [7, 11) is 0. The Morgan fingerprint density at radius 3 is 2.33 bits per heavy atom. The first-order valence-corrected chi connectivity index (χ1v) is 3.37. The lowest BCUT2D eigenvalue weighted by molar-refractivity contribution is 0.186. The Hall–Kier alpha value is -0.550. The summed E-state index contributed by atoms with van der Waals surface area (Å²) in [5.41, 5.74) is 0. The van der Waals surface area contributed by atoms with Crippen molar-refractivity contribution in [2.24, 2.45) is 0 Å². The molecule has 0 unspecified atom stereocenters. The average Bonchev–Trinajstić information content (AvgIpc) is 1.89. The van der Waals surface area contributed by atoms with E-state index in [0.29, 0.717) is 6.42 Å². The Morgan fingerprint density at radius 2 is 1.78 bits per heavy atom. The normalized spacial score (nSPS) is 8.89. The monoisotopic (exact) mass is 126 g/mol. The van der Waals surface area contributed by atoms with E-state index in [9.17, 15) is 5.11 Å². The highest BCUT2D eigenvalue weighted by atomic mass is 16.2. The van der Waals surface area contributed by atoms with E-state index in [4.69, 9.17) is 5.26 Å². The minimum atomic E-state index is 0.0343. The molecule has 2 nitrogen and oxygen atoms in total. The predicted molar refractivity (Wildman–Crippen MR) is 34.3 cm³/mol. The van der Waals surface area contributed by atoms with Crippen molar-refractivity contribution < 1.29 is 5.11 Å². The van der Waals surface area contributed by atoms with Gasteiger partial charge < -0.3 is 0 Å². The van der Waals surface area contributed by atoms with Crippen molar-refractivity contribution in [1.82, 2.24) is 0 Å². The molecule has 0 N–H and O–H groups in total. The highest BCUT2D eigenvalue weighted by Gasteiger charge is 1.86. The summed E-state index contributed by atoms with van der Waals surface area (Å²) in [5.74, 6) is 0. The summed E-state index contributed by atoms with van der Waals surface area (Å²) in [6, 6.07) is 2.07. The number of hydrogen-bond acceptors (Lipinski definition) is 1. The average molecular weight is 126 g/mol. The summed E-state index contributed by atoms with van der Waals surface area (Å²) in [5, 5.41) is 18.0. The molecule has 0 aromatic carbocycles. The van der Waals surface area contributed by atoms with Crippen LogP contribution in [0.5, 0.6) is 0 Å². The number of hydrogen-bond donors (Lipinski definition) is 0. The molecule has 1 radical (unpaired) electrons. The molecule has 0 aliphatic heterocycles. The second-order valence-electron chi connectivity index (χ2n) is 2.03. The van der Waals surface area contributed by atoms with E-state index in [0.717, 1.165) is 25.7 Å². The zero-order chi connectivity index (χ0) is 6.95. The van der Waals surface area contributed by atoms with Crippen LogP contribution in [0.2, 0.25) is 0 Å². The third kappa shape index (κ3) is 7.45. The number of unbranched alkanes of at least 4 members (excludes halogenated alkanes) is 4. The third-order valence-corrected chi connectivity index (χ3v) is 1.18. The van der Waals surface area contributed by atoms with Crippen molar-refractivity contribution in [3.8, 4) is 6.07 Å². The zero-order valence-electron chi connectivity index (χ0n) is 5.60. The zero-order valence-corrected chi connectivity index (χ0v) is 5.60. The third-order valence-electron chi connectivity index (χ3n) is 1.18. The van der Waals surface area contributed by atoms with Gasteiger partial charge in [0.15, 0.2) is 0 Å². The first kappa shape index (κ1) is 8.45. The fourth-order valence-electron chi connectivity index (χ4n) is 0.660. The van der Waals surface area contributed by atoms with Crippen LogP contribution in [0.1, 0.15) is 32.1 Å². The fraction of sp³-hybridized carbons (Fsp3) is 0.857. The summed E-state index contributed by atoms with van der Waals surface area (Å²) in [6.07, 6.45) is 4.39. The van der Waals surface area contributed by atoms with Gasteiger partial charge >= 0.3 is 0 Å². The van der Waals surface area contributed by atoms with Gasteiger partial charge in [-0.3, -0.25) is 0 Å². The second-order valence-corrected chi connectivity index (χ2v) is 2.03. The molecule has 0 heterocycles. The maximum absolute atomic E-state index is 9.90. The minimum Gasteiger partial charge on any atom is -0.237 e. The van der Waals surface area contributed by atoms with Crippen LogP contribution < -0.4 is 0 Å². The molecule has 9 heavy (non-hydrogen) atoms. The molecule has 0 bridgehead atoms. The Morgan fingerprint density at radius 1 is 1.11 bits per heavy atom. The molecule has 0 aliphatic carbocycles. The molecular weight excluding hydrogens is 114 g/mol. The summed E-state index contributed by atoms with van der Waals surface area (Å²) < 4.78 is 0. The largest absolute Gasteiger partial charge is 0.237 e. The van der Waals surface area contributed by atoms with Crippen LogP contribution in [0, 0.1) is 11.3 Å². The molecule has 0 aromatic rings. The van der Waals surface area contributed by atoms with Crippen LogP contribution in [-0.2, 0) is 5.11 Å². The number of nitrogens with zero attached hydrogens (tertiary/aromatic N) is 1. The van der Waals surface area contributed by atoms with Gasteiger partial charge in [-0.1, -0.05) is 12.8 Å². The molecule has 0 fully saturated rings. The highest BCUT2D eigenvalue weighted by molar-refractivity contribution is 4.67. The maximum atomic E-state index is 9.90. The fourth-order valence-corrected chi connectivity index (χ4v) is 0.660. The number of nitriles is 1. The molecule has 2 heteroatoms. The van der Waals surface area contributed by atoms with Crippen LogP contribution in [0.25, 0.3) is 0 Å². The van der Waals surface area contributed by atoms with Crippen LogP contribution in [-0.4, -0.2) is 6.61 Å². The van der Waals surface area contributed by atoms with Gasteiger partial charge in [-0.15, -0.1) is 0 Å². The molecule has 0 amide bonds. The van der Waals surface area contributed by atoms with Gasteiger partial charge in [0.2, 0.25) is 0 Å². The van der Waals surface area contributed by atoms with E-state index < -0.39 is 0 Å². The van der Waals surface area contributed by atoms with Gasteiger partial charge in [0, 0.05) is 6.42 Å². The second kappa shape index (κ2) is 7.45. The molecule has 0 rings (SSSR count). The van der Waals surface area contributed by atoms with E-state index in [1.165, 1.54) is 0 Å². The van der Waals surface area contributed by atoms with E-state index >= 15 is 0 Å². The van der Waals surface area contributed by atoms with Crippen LogP contribution in [0.15, 0.2) is 0 Å². The quantitative estimate of drug-likeness (QED) is 0.519. The molecular formula is C7H12NO. The van der Waals surface area contributed by atoms with Gasteiger partial charge in [-0.25, -0.2) is 5.11 Å². The van der Waals surface area contributed by atoms with Crippen molar-refractivity contribution in [3.63, 3.8) is 0 Å². The maximum Gasteiger partial charge on any atom is 0.0822 e. The van der Waals surface area contributed by atoms with Crippen molar-refractivity contribution in [2.45, 2.75) is 32.1 Å². The summed E-state index contributed by atoms with van der Waals surface area (Å²) in [6.45, 7) is 0.0343. The lowest BCUT2D eigenvalue weighted by atomic mass is 10.2. The molecule has 0 atom stereocenters. The van der Waals surface area contributed by atoms with Gasteiger partial charge in [0.25, 0.3) is 0 Å². The van der Waals surface area contributed by atoms with E-state index in [1.807, 2.05) is 0 Å². The van der Waals surface area contributed by atoms with Crippen LogP contribution >= 0.6 is 0 Å². The highest BCUT2D eigenvalue weighted by Crippen LogP contribution is 2.00. The lowest BCUT2D eigenvalue weighted by Gasteiger charge is -1.91. The molecule has 0 spiro atoms. The molecule has 0 aromatic heterocycles. The van der Waals surface area contributed by atoms with Crippen molar-refractivity contribution >= 4 is 0 Å². The Balaban J connectivity index is 2.69. The Labute approximate surface area is 56.1 Å². The molecule has 0 aliphatic rings. The van der Waals surface area contributed by atoms with Gasteiger partial charge in [0.1, 0.15) is 0 Å². The van der Waals surface area contributed by atoms with Crippen LogP contribution in [0.4, 0.5) is 0 Å². The van der Waals surface area contributed by atoms with E-state index in [-0.39, 0.29) is 6.61 Å². The predicted octanol–water partition coefficient (Wildman–Crippen LogP) is 1.89.